The highest BCUT2D eigenvalue weighted by molar-refractivity contribution is 5.93. The van der Waals surface area contributed by atoms with Gasteiger partial charge in [-0.25, -0.2) is 9.98 Å². The summed E-state index contributed by atoms with van der Waals surface area (Å²) in [4.78, 5) is 22.4. The lowest BCUT2D eigenvalue weighted by molar-refractivity contribution is 0.0827. The van der Waals surface area contributed by atoms with Crippen molar-refractivity contribution >= 4 is 11.9 Å². The second-order valence-electron chi connectivity index (χ2n) is 6.35. The van der Waals surface area contributed by atoms with Gasteiger partial charge in [0, 0.05) is 44.5 Å². The summed E-state index contributed by atoms with van der Waals surface area (Å²) in [6, 6.07) is 11.4. The molecule has 150 valence electrons. The number of nitrogens with zero attached hydrogens (tertiary/aromatic N) is 3. The fourth-order valence-electron chi connectivity index (χ4n) is 2.53. The van der Waals surface area contributed by atoms with E-state index in [0.717, 1.165) is 17.7 Å². The zero-order chi connectivity index (χ0) is 20.4. The molecule has 0 aliphatic heterocycles. The maximum atomic E-state index is 12.0. The van der Waals surface area contributed by atoms with E-state index in [4.69, 9.17) is 4.74 Å². The number of nitrogens with one attached hydrogen (secondary N) is 2. The second-order valence-corrected chi connectivity index (χ2v) is 6.35. The molecule has 0 saturated carbocycles. The Morgan fingerprint density at radius 2 is 1.89 bits per heavy atom. The first kappa shape index (κ1) is 21.2. The molecule has 7 heteroatoms. The summed E-state index contributed by atoms with van der Waals surface area (Å²) in [5.74, 6) is 1.34. The van der Waals surface area contributed by atoms with Crippen LogP contribution in [0, 0.1) is 0 Å². The van der Waals surface area contributed by atoms with Crippen LogP contribution < -0.4 is 15.4 Å². The number of hydrogen-bond donors (Lipinski definition) is 2. The van der Waals surface area contributed by atoms with Gasteiger partial charge in [-0.3, -0.25) is 4.79 Å². The van der Waals surface area contributed by atoms with Crippen LogP contribution in [0.2, 0.25) is 0 Å². The summed E-state index contributed by atoms with van der Waals surface area (Å²) in [5, 5.41) is 6.54. The van der Waals surface area contributed by atoms with Crippen molar-refractivity contribution in [1.29, 1.82) is 0 Å². The summed E-state index contributed by atoms with van der Waals surface area (Å²) in [5.41, 5.74) is 2.67. The van der Waals surface area contributed by atoms with Crippen molar-refractivity contribution in [3.8, 4) is 5.88 Å². The molecule has 7 nitrogen and oxygen atoms in total. The third-order valence-corrected chi connectivity index (χ3v) is 3.95. The predicted octanol–water partition coefficient (Wildman–Crippen LogP) is 2.44. The number of pyridine rings is 1. The Hall–Kier alpha value is -3.09. The Balaban J connectivity index is 2.01. The van der Waals surface area contributed by atoms with Crippen molar-refractivity contribution in [2.24, 2.45) is 4.99 Å². The first-order valence-electron chi connectivity index (χ1n) is 9.44. The molecular weight excluding hydrogens is 354 g/mol. The quantitative estimate of drug-likeness (QED) is 0.541. The van der Waals surface area contributed by atoms with Crippen LogP contribution in [0.15, 0.2) is 47.6 Å². The van der Waals surface area contributed by atoms with Gasteiger partial charge < -0.3 is 20.3 Å². The normalized spacial score (nSPS) is 11.1. The summed E-state index contributed by atoms with van der Waals surface area (Å²) < 4.78 is 5.56. The molecular formula is C21H29N5O2. The molecule has 0 unspecified atom stereocenters. The molecule has 2 rings (SSSR count). The number of aromatic nitrogens is 1. The van der Waals surface area contributed by atoms with Crippen LogP contribution in [0.4, 0.5) is 0 Å². The average molecular weight is 383 g/mol. The largest absolute Gasteiger partial charge is 0.478 e. The molecule has 0 radical (unpaired) electrons. The lowest BCUT2D eigenvalue weighted by atomic mass is 10.1. The topological polar surface area (TPSA) is 78.9 Å². The number of benzene rings is 1. The zero-order valence-electron chi connectivity index (χ0n) is 17.0. The zero-order valence-corrected chi connectivity index (χ0v) is 17.0. The van der Waals surface area contributed by atoms with Crippen molar-refractivity contribution in [1.82, 2.24) is 20.5 Å². The Morgan fingerprint density at radius 3 is 2.54 bits per heavy atom. The summed E-state index contributed by atoms with van der Waals surface area (Å²) in [6.07, 6.45) is 1.72. The number of amides is 1. The van der Waals surface area contributed by atoms with E-state index in [1.807, 2.05) is 50.2 Å². The Bertz CT molecular complexity index is 788. The van der Waals surface area contributed by atoms with Crippen LogP contribution in [0.5, 0.6) is 5.88 Å². The van der Waals surface area contributed by atoms with Crippen LogP contribution in [-0.2, 0) is 13.1 Å². The second kappa shape index (κ2) is 10.9. The van der Waals surface area contributed by atoms with E-state index in [1.165, 1.54) is 0 Å². The monoisotopic (exact) mass is 383 g/mol. The van der Waals surface area contributed by atoms with E-state index in [1.54, 1.807) is 25.2 Å². The van der Waals surface area contributed by atoms with Crippen molar-refractivity contribution in [2.45, 2.75) is 26.9 Å². The first-order chi connectivity index (χ1) is 13.5. The Labute approximate surface area is 166 Å². The standard InChI is InChI=1S/C21H29N5O2/c1-5-22-21(25-15-18-8-7-13-23-19(18)28-6-2)24-14-16-9-11-17(12-10-16)20(27)26(3)4/h7-13H,5-6,14-15H2,1-4H3,(H2,22,24,25). The minimum absolute atomic E-state index is 0.00775. The van der Waals surface area contributed by atoms with Gasteiger partial charge in [0.05, 0.1) is 13.2 Å². The highest BCUT2D eigenvalue weighted by atomic mass is 16.5. The number of hydrogen-bond acceptors (Lipinski definition) is 4. The third-order valence-electron chi connectivity index (χ3n) is 3.95. The molecule has 1 amide bonds. The van der Waals surface area contributed by atoms with Gasteiger partial charge in [-0.05, 0) is 37.6 Å². The molecule has 0 atom stereocenters. The molecule has 1 heterocycles. The molecule has 2 N–H and O–H groups in total. The molecule has 28 heavy (non-hydrogen) atoms. The van der Waals surface area contributed by atoms with Crippen LogP contribution in [0.3, 0.4) is 0 Å². The van der Waals surface area contributed by atoms with Gasteiger partial charge in [-0.1, -0.05) is 18.2 Å². The van der Waals surface area contributed by atoms with Gasteiger partial charge in [0.1, 0.15) is 0 Å². The summed E-state index contributed by atoms with van der Waals surface area (Å²) in [7, 11) is 3.49. The van der Waals surface area contributed by atoms with Crippen LogP contribution in [-0.4, -0.2) is 49.0 Å². The van der Waals surface area contributed by atoms with Crippen molar-refractivity contribution < 1.29 is 9.53 Å². The summed E-state index contributed by atoms with van der Waals surface area (Å²) >= 11 is 0. The van der Waals surface area contributed by atoms with Crippen LogP contribution in [0.1, 0.15) is 35.3 Å². The number of carbonyl (C=O) groups excluding carboxylic acids is 1. The molecule has 0 aliphatic carbocycles. The van der Waals surface area contributed by atoms with Crippen molar-refractivity contribution in [3.05, 3.63) is 59.3 Å². The average Bonchev–Trinajstić information content (AvgIpc) is 2.71. The smallest absolute Gasteiger partial charge is 0.253 e. The lowest BCUT2D eigenvalue weighted by Gasteiger charge is -2.13. The van der Waals surface area contributed by atoms with E-state index in [9.17, 15) is 4.79 Å². The van der Waals surface area contributed by atoms with E-state index >= 15 is 0 Å². The van der Waals surface area contributed by atoms with E-state index in [2.05, 4.69) is 20.6 Å². The highest BCUT2D eigenvalue weighted by Gasteiger charge is 2.08. The Morgan fingerprint density at radius 1 is 1.14 bits per heavy atom. The van der Waals surface area contributed by atoms with Gasteiger partial charge in [-0.2, -0.15) is 0 Å². The van der Waals surface area contributed by atoms with Gasteiger partial charge in [0.25, 0.3) is 5.91 Å². The molecule has 0 saturated heterocycles. The van der Waals surface area contributed by atoms with Gasteiger partial charge in [0.15, 0.2) is 5.96 Å². The third kappa shape index (κ3) is 6.26. The minimum Gasteiger partial charge on any atom is -0.478 e. The molecule has 0 aliphatic rings. The van der Waals surface area contributed by atoms with Gasteiger partial charge >= 0.3 is 0 Å². The number of ether oxygens (including phenoxy) is 1. The molecule has 1 aromatic carbocycles. The fourth-order valence-corrected chi connectivity index (χ4v) is 2.53. The van der Waals surface area contributed by atoms with Crippen LogP contribution in [0.25, 0.3) is 0 Å². The predicted molar refractivity (Wildman–Crippen MR) is 112 cm³/mol. The van der Waals surface area contributed by atoms with E-state index in [-0.39, 0.29) is 5.91 Å². The molecule has 0 spiro atoms. The summed E-state index contributed by atoms with van der Waals surface area (Å²) in [6.45, 7) is 6.36. The first-order valence-corrected chi connectivity index (χ1v) is 9.44. The number of carbonyl (C=O) groups is 1. The van der Waals surface area contributed by atoms with E-state index < -0.39 is 0 Å². The maximum Gasteiger partial charge on any atom is 0.253 e. The molecule has 1 aromatic heterocycles. The van der Waals surface area contributed by atoms with E-state index in [0.29, 0.717) is 37.1 Å². The highest BCUT2D eigenvalue weighted by Crippen LogP contribution is 2.13. The number of rotatable bonds is 8. The van der Waals surface area contributed by atoms with Gasteiger partial charge in [0.2, 0.25) is 5.88 Å². The fraction of sp³-hybridized carbons (Fsp3) is 0.381. The minimum atomic E-state index is -0.00775. The number of guanidine groups is 1. The van der Waals surface area contributed by atoms with Crippen molar-refractivity contribution in [3.63, 3.8) is 0 Å². The van der Waals surface area contributed by atoms with Crippen LogP contribution >= 0.6 is 0 Å². The van der Waals surface area contributed by atoms with Crippen molar-refractivity contribution in [2.75, 3.05) is 27.2 Å². The molecule has 0 bridgehead atoms. The maximum absolute atomic E-state index is 12.0. The molecule has 0 fully saturated rings. The number of aliphatic imine (C=N–C) groups is 1. The Kier molecular flexibility index (Phi) is 8.27. The van der Waals surface area contributed by atoms with Gasteiger partial charge in [-0.15, -0.1) is 0 Å². The lowest BCUT2D eigenvalue weighted by Crippen LogP contribution is -2.36. The SMILES string of the molecule is CCNC(=NCc1ccc(C(=O)N(C)C)cc1)NCc1cccnc1OCC. The molecule has 2 aromatic rings.